The van der Waals surface area contributed by atoms with E-state index in [2.05, 4.69) is 21.2 Å². The third-order valence-corrected chi connectivity index (χ3v) is 2.68. The maximum atomic E-state index is 13.4. The topological polar surface area (TPSA) is 86.6 Å². The molecule has 0 fully saturated rings. The Hall–Kier alpha value is -1.54. The molecule has 0 saturated heterocycles. The number of amides is 1. The van der Waals surface area contributed by atoms with E-state index in [1.54, 1.807) is 0 Å². The van der Waals surface area contributed by atoms with Crippen LogP contribution in [-0.4, -0.2) is 34.7 Å². The molecule has 19 heavy (non-hydrogen) atoms. The van der Waals surface area contributed by atoms with E-state index >= 15 is 0 Å². The van der Waals surface area contributed by atoms with Gasteiger partial charge in [0.1, 0.15) is 17.2 Å². The molecule has 8 heteroatoms. The van der Waals surface area contributed by atoms with E-state index in [4.69, 9.17) is 10.2 Å². The Morgan fingerprint density at radius 1 is 1.32 bits per heavy atom. The summed E-state index contributed by atoms with van der Waals surface area (Å²) in [4.78, 5) is 21.8. The normalized spacial score (nSPS) is 12.0. The van der Waals surface area contributed by atoms with Crippen LogP contribution < -0.4 is 5.32 Å². The second-order valence-corrected chi connectivity index (χ2v) is 4.56. The zero-order chi connectivity index (χ0) is 14.6. The summed E-state index contributed by atoms with van der Waals surface area (Å²) >= 11 is 2.87. The second kappa shape index (κ2) is 6.58. The average molecular weight is 338 g/mol. The lowest BCUT2D eigenvalue weighted by molar-refractivity contribution is -0.146. The van der Waals surface area contributed by atoms with Crippen LogP contribution in [0.3, 0.4) is 0 Å². The molecule has 0 spiro atoms. The van der Waals surface area contributed by atoms with Gasteiger partial charge in [-0.2, -0.15) is 0 Å². The SMILES string of the molecule is O=C(NCCC(O)C(=O)O)c1c(F)cc(Br)cc1F. The van der Waals surface area contributed by atoms with Crippen molar-refractivity contribution in [1.82, 2.24) is 5.32 Å². The van der Waals surface area contributed by atoms with E-state index in [1.165, 1.54) is 0 Å². The van der Waals surface area contributed by atoms with E-state index in [9.17, 15) is 18.4 Å². The minimum absolute atomic E-state index is 0.153. The van der Waals surface area contributed by atoms with Crippen molar-refractivity contribution in [3.05, 3.63) is 33.8 Å². The molecule has 0 bridgehead atoms. The number of aliphatic hydroxyl groups is 1. The van der Waals surface area contributed by atoms with Crippen LogP contribution in [0.4, 0.5) is 8.78 Å². The van der Waals surface area contributed by atoms with Gasteiger partial charge in [-0.1, -0.05) is 15.9 Å². The smallest absolute Gasteiger partial charge is 0.332 e. The van der Waals surface area contributed by atoms with Gasteiger partial charge in [0.05, 0.1) is 0 Å². The van der Waals surface area contributed by atoms with E-state index in [-0.39, 0.29) is 17.4 Å². The first-order valence-corrected chi connectivity index (χ1v) is 5.96. The van der Waals surface area contributed by atoms with E-state index in [0.717, 1.165) is 12.1 Å². The Morgan fingerprint density at radius 2 is 1.84 bits per heavy atom. The van der Waals surface area contributed by atoms with Gasteiger partial charge in [-0.3, -0.25) is 4.79 Å². The van der Waals surface area contributed by atoms with Crippen LogP contribution in [0.25, 0.3) is 0 Å². The number of hydrogen-bond acceptors (Lipinski definition) is 3. The standard InChI is InChI=1S/C11H10BrF2NO4/c12-5-3-6(13)9(7(14)4-5)10(17)15-2-1-8(16)11(18)19/h3-4,8,16H,1-2H2,(H,15,17)(H,18,19). The number of carboxylic acid groups (broad SMARTS) is 1. The summed E-state index contributed by atoms with van der Waals surface area (Å²) in [6.07, 6.45) is -1.90. The number of aliphatic carboxylic acids is 1. The van der Waals surface area contributed by atoms with E-state index in [1.807, 2.05) is 0 Å². The van der Waals surface area contributed by atoms with Crippen LogP contribution in [0.2, 0.25) is 0 Å². The zero-order valence-corrected chi connectivity index (χ0v) is 11.1. The van der Waals surface area contributed by atoms with Crippen LogP contribution in [0.1, 0.15) is 16.8 Å². The van der Waals surface area contributed by atoms with Crippen molar-refractivity contribution in [3.63, 3.8) is 0 Å². The van der Waals surface area contributed by atoms with Crippen molar-refractivity contribution in [1.29, 1.82) is 0 Å². The Balaban J connectivity index is 2.67. The first-order chi connectivity index (χ1) is 8.82. The van der Waals surface area contributed by atoms with Crippen LogP contribution >= 0.6 is 15.9 Å². The number of halogens is 3. The van der Waals surface area contributed by atoms with Crippen molar-refractivity contribution >= 4 is 27.8 Å². The maximum absolute atomic E-state index is 13.4. The van der Waals surface area contributed by atoms with Gasteiger partial charge in [-0.05, 0) is 12.1 Å². The first kappa shape index (κ1) is 15.5. The molecule has 1 atom stereocenters. The van der Waals surface area contributed by atoms with Crippen molar-refractivity contribution in [3.8, 4) is 0 Å². The van der Waals surface area contributed by atoms with Gasteiger partial charge in [0.25, 0.3) is 5.91 Å². The number of carboxylic acids is 1. The third-order valence-electron chi connectivity index (χ3n) is 2.22. The Kier molecular flexibility index (Phi) is 5.37. The highest BCUT2D eigenvalue weighted by Gasteiger charge is 2.19. The van der Waals surface area contributed by atoms with Gasteiger partial charge in [-0.15, -0.1) is 0 Å². The molecule has 1 unspecified atom stereocenters. The third kappa shape index (κ3) is 4.25. The number of hydrogen-bond donors (Lipinski definition) is 3. The number of carbonyl (C=O) groups excluding carboxylic acids is 1. The predicted octanol–water partition coefficient (Wildman–Crippen LogP) is 1.29. The highest BCUT2D eigenvalue weighted by Crippen LogP contribution is 2.19. The fourth-order valence-corrected chi connectivity index (χ4v) is 1.70. The lowest BCUT2D eigenvalue weighted by Gasteiger charge is -2.09. The van der Waals surface area contributed by atoms with Gasteiger partial charge < -0.3 is 15.5 Å². The summed E-state index contributed by atoms with van der Waals surface area (Å²) in [6, 6.07) is 1.87. The predicted molar refractivity (Wildman–Crippen MR) is 64.7 cm³/mol. The molecule has 0 aromatic heterocycles. The molecule has 1 rings (SSSR count). The molecular weight excluding hydrogens is 328 g/mol. The van der Waals surface area contributed by atoms with E-state index in [0.29, 0.717) is 0 Å². The average Bonchev–Trinajstić information content (AvgIpc) is 2.26. The molecule has 0 heterocycles. The Labute approximate surface area is 115 Å². The molecule has 0 radical (unpaired) electrons. The lowest BCUT2D eigenvalue weighted by Crippen LogP contribution is -2.31. The molecule has 104 valence electrons. The summed E-state index contributed by atoms with van der Waals surface area (Å²) in [6.45, 7) is -0.221. The molecular formula is C11H10BrF2NO4. The molecule has 0 saturated carbocycles. The molecule has 1 aromatic rings. The van der Waals surface area contributed by atoms with Crippen molar-refractivity contribution < 1.29 is 28.6 Å². The summed E-state index contributed by atoms with van der Waals surface area (Å²) in [5.74, 6) is -4.53. The molecule has 0 aliphatic rings. The van der Waals surface area contributed by atoms with Crippen molar-refractivity contribution in [2.45, 2.75) is 12.5 Å². The first-order valence-electron chi connectivity index (χ1n) is 5.16. The van der Waals surface area contributed by atoms with Gasteiger partial charge in [0.2, 0.25) is 0 Å². The van der Waals surface area contributed by atoms with Gasteiger partial charge in [0, 0.05) is 17.4 Å². The number of aliphatic hydroxyl groups excluding tert-OH is 1. The summed E-state index contributed by atoms with van der Waals surface area (Å²) in [5.41, 5.74) is -0.756. The number of nitrogens with one attached hydrogen (secondary N) is 1. The van der Waals surface area contributed by atoms with E-state index < -0.39 is 35.2 Å². The number of carbonyl (C=O) groups is 2. The fraction of sp³-hybridized carbons (Fsp3) is 0.273. The second-order valence-electron chi connectivity index (χ2n) is 3.64. The fourth-order valence-electron chi connectivity index (χ4n) is 1.29. The Bertz CT molecular complexity index is 486. The quantitative estimate of drug-likeness (QED) is 0.755. The lowest BCUT2D eigenvalue weighted by atomic mass is 10.1. The number of rotatable bonds is 5. The van der Waals surface area contributed by atoms with Crippen LogP contribution in [-0.2, 0) is 4.79 Å². The van der Waals surface area contributed by atoms with Crippen molar-refractivity contribution in [2.24, 2.45) is 0 Å². The van der Waals surface area contributed by atoms with Crippen LogP contribution in [0, 0.1) is 11.6 Å². The molecule has 0 aliphatic carbocycles. The van der Waals surface area contributed by atoms with Gasteiger partial charge in [-0.25, -0.2) is 13.6 Å². The van der Waals surface area contributed by atoms with Crippen LogP contribution in [0.15, 0.2) is 16.6 Å². The largest absolute Gasteiger partial charge is 0.479 e. The highest BCUT2D eigenvalue weighted by molar-refractivity contribution is 9.10. The molecule has 1 amide bonds. The minimum Gasteiger partial charge on any atom is -0.479 e. The minimum atomic E-state index is -1.64. The number of benzene rings is 1. The zero-order valence-electron chi connectivity index (χ0n) is 9.49. The van der Waals surface area contributed by atoms with Gasteiger partial charge in [0.15, 0.2) is 6.10 Å². The molecule has 0 aliphatic heterocycles. The summed E-state index contributed by atoms with van der Waals surface area (Å²) in [5, 5.41) is 19.5. The maximum Gasteiger partial charge on any atom is 0.332 e. The van der Waals surface area contributed by atoms with Gasteiger partial charge >= 0.3 is 5.97 Å². The van der Waals surface area contributed by atoms with Crippen LogP contribution in [0.5, 0.6) is 0 Å². The highest BCUT2D eigenvalue weighted by atomic mass is 79.9. The molecule has 5 nitrogen and oxygen atoms in total. The summed E-state index contributed by atoms with van der Waals surface area (Å²) in [7, 11) is 0. The molecule has 3 N–H and O–H groups in total. The monoisotopic (exact) mass is 337 g/mol. The molecule has 1 aromatic carbocycles. The van der Waals surface area contributed by atoms with Crippen molar-refractivity contribution in [2.75, 3.05) is 6.54 Å². The Morgan fingerprint density at radius 3 is 2.32 bits per heavy atom. The summed E-state index contributed by atoms with van der Waals surface area (Å²) < 4.78 is 27.0.